The molecule has 2 rings (SSSR count). The molecule has 2 nitrogen and oxygen atoms in total. The molecular weight excluding hydrogens is 224 g/mol. The molecule has 2 aromatic carbocycles. The SMILES string of the molecule is COc1cccc(CC(=O)c2ccc(C)cc2)c1. The van der Waals surface area contributed by atoms with E-state index in [1.54, 1.807) is 7.11 Å². The molecule has 0 fully saturated rings. The van der Waals surface area contributed by atoms with Gasteiger partial charge in [0, 0.05) is 12.0 Å². The molecule has 0 aliphatic carbocycles. The molecule has 0 unspecified atom stereocenters. The van der Waals surface area contributed by atoms with Crippen LogP contribution in [0.5, 0.6) is 5.75 Å². The Morgan fingerprint density at radius 1 is 1.11 bits per heavy atom. The molecule has 2 aromatic rings. The highest BCUT2D eigenvalue weighted by molar-refractivity contribution is 5.97. The van der Waals surface area contributed by atoms with Gasteiger partial charge in [0.25, 0.3) is 0 Å². The summed E-state index contributed by atoms with van der Waals surface area (Å²) in [5.74, 6) is 0.910. The number of ketones is 1. The molecule has 0 spiro atoms. The Kier molecular flexibility index (Phi) is 3.78. The Balaban J connectivity index is 2.13. The lowest BCUT2D eigenvalue weighted by molar-refractivity contribution is 0.0993. The Hall–Kier alpha value is -2.09. The lowest BCUT2D eigenvalue weighted by atomic mass is 10.0. The van der Waals surface area contributed by atoms with Crippen LogP contribution in [0.2, 0.25) is 0 Å². The maximum atomic E-state index is 12.1. The summed E-state index contributed by atoms with van der Waals surface area (Å²) in [7, 11) is 1.63. The standard InChI is InChI=1S/C16H16O2/c1-12-6-8-14(9-7-12)16(17)11-13-4-3-5-15(10-13)18-2/h3-10H,11H2,1-2H3. The Morgan fingerprint density at radius 3 is 2.50 bits per heavy atom. The van der Waals surface area contributed by atoms with Crippen LogP contribution in [0.1, 0.15) is 21.5 Å². The molecule has 0 heterocycles. The zero-order valence-electron chi connectivity index (χ0n) is 10.6. The molecule has 0 aliphatic rings. The van der Waals surface area contributed by atoms with E-state index in [1.165, 1.54) is 0 Å². The smallest absolute Gasteiger partial charge is 0.167 e. The molecule has 0 N–H and O–H groups in total. The van der Waals surface area contributed by atoms with Gasteiger partial charge in [-0.2, -0.15) is 0 Å². The van der Waals surface area contributed by atoms with Gasteiger partial charge in [0.2, 0.25) is 0 Å². The van der Waals surface area contributed by atoms with Crippen molar-refractivity contribution in [3.63, 3.8) is 0 Å². The number of carbonyl (C=O) groups is 1. The molecule has 0 radical (unpaired) electrons. The summed E-state index contributed by atoms with van der Waals surface area (Å²) in [4.78, 5) is 12.1. The van der Waals surface area contributed by atoms with E-state index in [0.29, 0.717) is 6.42 Å². The molecule has 0 atom stereocenters. The predicted octanol–water partition coefficient (Wildman–Crippen LogP) is 3.43. The Bertz CT molecular complexity index is 541. The molecule has 92 valence electrons. The third-order valence-corrected chi connectivity index (χ3v) is 2.87. The quantitative estimate of drug-likeness (QED) is 0.765. The van der Waals surface area contributed by atoms with E-state index in [9.17, 15) is 4.79 Å². The minimum atomic E-state index is 0.128. The highest BCUT2D eigenvalue weighted by Crippen LogP contribution is 2.15. The van der Waals surface area contributed by atoms with Crippen LogP contribution in [0.25, 0.3) is 0 Å². The zero-order chi connectivity index (χ0) is 13.0. The number of hydrogen-bond acceptors (Lipinski definition) is 2. The van der Waals surface area contributed by atoms with Crippen molar-refractivity contribution in [2.45, 2.75) is 13.3 Å². The molecule has 18 heavy (non-hydrogen) atoms. The van der Waals surface area contributed by atoms with Crippen LogP contribution in [-0.4, -0.2) is 12.9 Å². The van der Waals surface area contributed by atoms with E-state index < -0.39 is 0 Å². The van der Waals surface area contributed by atoms with Crippen LogP contribution >= 0.6 is 0 Å². The number of methoxy groups -OCH3 is 1. The molecule has 0 saturated heterocycles. The number of Topliss-reactive ketones (excluding diaryl/α,β-unsaturated/α-hetero) is 1. The fourth-order valence-corrected chi connectivity index (χ4v) is 1.81. The van der Waals surface area contributed by atoms with Gasteiger partial charge in [0.1, 0.15) is 5.75 Å². The number of aryl methyl sites for hydroxylation is 1. The van der Waals surface area contributed by atoms with Gasteiger partial charge in [-0.25, -0.2) is 0 Å². The number of ether oxygens (including phenoxy) is 1. The summed E-state index contributed by atoms with van der Waals surface area (Å²) in [6, 6.07) is 15.3. The molecular formula is C16H16O2. The summed E-state index contributed by atoms with van der Waals surface area (Å²) < 4.78 is 5.15. The largest absolute Gasteiger partial charge is 0.497 e. The summed E-state index contributed by atoms with van der Waals surface area (Å²) >= 11 is 0. The minimum Gasteiger partial charge on any atom is -0.497 e. The third kappa shape index (κ3) is 2.98. The van der Waals surface area contributed by atoms with Gasteiger partial charge in [-0.15, -0.1) is 0 Å². The zero-order valence-corrected chi connectivity index (χ0v) is 10.6. The molecule has 0 bridgehead atoms. The van der Waals surface area contributed by atoms with Crippen LogP contribution in [0, 0.1) is 6.92 Å². The van der Waals surface area contributed by atoms with Crippen molar-refractivity contribution < 1.29 is 9.53 Å². The van der Waals surface area contributed by atoms with Gasteiger partial charge < -0.3 is 4.74 Å². The van der Waals surface area contributed by atoms with Crippen LogP contribution in [-0.2, 0) is 6.42 Å². The first kappa shape index (κ1) is 12.4. The average Bonchev–Trinajstić information content (AvgIpc) is 2.39. The Labute approximate surface area is 107 Å². The van der Waals surface area contributed by atoms with Gasteiger partial charge in [0.05, 0.1) is 7.11 Å². The fourth-order valence-electron chi connectivity index (χ4n) is 1.81. The molecule has 0 saturated carbocycles. The van der Waals surface area contributed by atoms with Crippen LogP contribution < -0.4 is 4.74 Å². The van der Waals surface area contributed by atoms with Crippen LogP contribution in [0.3, 0.4) is 0 Å². The van der Waals surface area contributed by atoms with Crippen molar-refractivity contribution in [2.24, 2.45) is 0 Å². The second-order valence-electron chi connectivity index (χ2n) is 4.32. The summed E-state index contributed by atoms with van der Waals surface area (Å²) in [6.07, 6.45) is 0.403. The van der Waals surface area contributed by atoms with Crippen molar-refractivity contribution in [1.82, 2.24) is 0 Å². The average molecular weight is 240 g/mol. The van der Waals surface area contributed by atoms with E-state index in [-0.39, 0.29) is 5.78 Å². The second kappa shape index (κ2) is 5.50. The van der Waals surface area contributed by atoms with Gasteiger partial charge in [-0.05, 0) is 24.6 Å². The number of hydrogen-bond donors (Lipinski definition) is 0. The number of benzene rings is 2. The first-order chi connectivity index (χ1) is 8.69. The first-order valence-corrected chi connectivity index (χ1v) is 5.92. The maximum absolute atomic E-state index is 12.1. The minimum absolute atomic E-state index is 0.128. The third-order valence-electron chi connectivity index (χ3n) is 2.87. The molecule has 0 aromatic heterocycles. The highest BCUT2D eigenvalue weighted by atomic mass is 16.5. The lowest BCUT2D eigenvalue weighted by Crippen LogP contribution is -2.03. The summed E-state index contributed by atoms with van der Waals surface area (Å²) in [5.41, 5.74) is 2.89. The summed E-state index contributed by atoms with van der Waals surface area (Å²) in [6.45, 7) is 2.01. The Morgan fingerprint density at radius 2 is 1.83 bits per heavy atom. The van der Waals surface area contributed by atoms with E-state index in [2.05, 4.69) is 0 Å². The lowest BCUT2D eigenvalue weighted by Gasteiger charge is -2.04. The molecule has 0 amide bonds. The van der Waals surface area contributed by atoms with E-state index in [4.69, 9.17) is 4.74 Å². The number of carbonyl (C=O) groups excluding carboxylic acids is 1. The summed E-state index contributed by atoms with van der Waals surface area (Å²) in [5, 5.41) is 0. The number of rotatable bonds is 4. The maximum Gasteiger partial charge on any atom is 0.167 e. The predicted molar refractivity (Wildman–Crippen MR) is 72.2 cm³/mol. The van der Waals surface area contributed by atoms with Crippen molar-refractivity contribution in [1.29, 1.82) is 0 Å². The second-order valence-corrected chi connectivity index (χ2v) is 4.32. The topological polar surface area (TPSA) is 26.3 Å². The monoisotopic (exact) mass is 240 g/mol. The van der Waals surface area contributed by atoms with Gasteiger partial charge in [-0.3, -0.25) is 4.79 Å². The van der Waals surface area contributed by atoms with E-state index >= 15 is 0 Å². The van der Waals surface area contributed by atoms with Crippen molar-refractivity contribution in [3.05, 3.63) is 65.2 Å². The van der Waals surface area contributed by atoms with Gasteiger partial charge in [0.15, 0.2) is 5.78 Å². The van der Waals surface area contributed by atoms with E-state index in [0.717, 1.165) is 22.4 Å². The van der Waals surface area contributed by atoms with E-state index in [1.807, 2.05) is 55.5 Å². The van der Waals surface area contributed by atoms with Crippen LogP contribution in [0.4, 0.5) is 0 Å². The van der Waals surface area contributed by atoms with Crippen molar-refractivity contribution in [2.75, 3.05) is 7.11 Å². The molecule has 2 heteroatoms. The highest BCUT2D eigenvalue weighted by Gasteiger charge is 2.07. The fraction of sp³-hybridized carbons (Fsp3) is 0.188. The normalized spacial score (nSPS) is 10.1. The van der Waals surface area contributed by atoms with Crippen LogP contribution in [0.15, 0.2) is 48.5 Å². The van der Waals surface area contributed by atoms with Crippen molar-refractivity contribution in [3.8, 4) is 5.75 Å². The van der Waals surface area contributed by atoms with Crippen molar-refractivity contribution >= 4 is 5.78 Å². The van der Waals surface area contributed by atoms with Gasteiger partial charge in [-0.1, -0.05) is 42.0 Å². The van der Waals surface area contributed by atoms with Gasteiger partial charge >= 0.3 is 0 Å². The molecule has 0 aliphatic heterocycles. The first-order valence-electron chi connectivity index (χ1n) is 5.92.